The average molecular weight is 340 g/mol. The first kappa shape index (κ1) is 17.0. The van der Waals surface area contributed by atoms with Gasteiger partial charge >= 0.3 is 0 Å². The van der Waals surface area contributed by atoms with Gasteiger partial charge < -0.3 is 20.5 Å². The number of nitrogens with two attached hydrogens (primary N) is 1. The molecule has 3 N–H and O–H groups in total. The van der Waals surface area contributed by atoms with Gasteiger partial charge in [0.15, 0.2) is 5.60 Å². The summed E-state index contributed by atoms with van der Waals surface area (Å²) in [6, 6.07) is 16.1. The molecule has 2 aromatic carbocycles. The fourth-order valence-electron chi connectivity index (χ4n) is 2.93. The Morgan fingerprint density at radius 1 is 1.08 bits per heavy atom. The molecule has 1 atom stereocenters. The summed E-state index contributed by atoms with van der Waals surface area (Å²) in [5.41, 5.74) is 3.98. The van der Waals surface area contributed by atoms with E-state index in [-0.39, 0.29) is 18.9 Å². The summed E-state index contributed by atoms with van der Waals surface area (Å²) in [6.07, 6.45) is 0.765. The van der Waals surface area contributed by atoms with Gasteiger partial charge in [0.1, 0.15) is 11.5 Å². The standard InChI is InChI=1S/C19H20N2O4/c20-18(23)19(24)11-6-12-21(13-19)17(22)15-9-4-5-10-16(15)25-14-7-2-1-3-8-14/h1-5,7-10,24H,6,11-13H2,(H2,20,23)/t19-/m1/s1. The molecule has 1 aliphatic heterocycles. The zero-order valence-corrected chi connectivity index (χ0v) is 13.7. The largest absolute Gasteiger partial charge is 0.457 e. The third-order valence-electron chi connectivity index (χ3n) is 4.31. The Morgan fingerprint density at radius 2 is 1.76 bits per heavy atom. The van der Waals surface area contributed by atoms with Crippen LogP contribution in [-0.4, -0.2) is 40.5 Å². The maximum absolute atomic E-state index is 12.9. The summed E-state index contributed by atoms with van der Waals surface area (Å²) < 4.78 is 5.82. The van der Waals surface area contributed by atoms with E-state index >= 15 is 0 Å². The lowest BCUT2D eigenvalue weighted by Crippen LogP contribution is -2.57. The van der Waals surface area contributed by atoms with E-state index in [0.717, 1.165) is 0 Å². The van der Waals surface area contributed by atoms with Crippen LogP contribution in [0.15, 0.2) is 54.6 Å². The molecule has 1 fully saturated rings. The lowest BCUT2D eigenvalue weighted by Gasteiger charge is -2.37. The highest BCUT2D eigenvalue weighted by Crippen LogP contribution is 2.28. The number of aliphatic hydroxyl groups is 1. The number of piperidine rings is 1. The molecule has 3 rings (SSSR count). The number of carbonyl (C=O) groups excluding carboxylic acids is 2. The van der Waals surface area contributed by atoms with Crippen LogP contribution in [0.5, 0.6) is 11.5 Å². The van der Waals surface area contributed by atoms with Crippen molar-refractivity contribution >= 4 is 11.8 Å². The summed E-state index contributed by atoms with van der Waals surface area (Å²) in [4.78, 5) is 25.8. The zero-order chi connectivity index (χ0) is 17.9. The fourth-order valence-corrected chi connectivity index (χ4v) is 2.93. The van der Waals surface area contributed by atoms with Crippen LogP contribution in [0.1, 0.15) is 23.2 Å². The van der Waals surface area contributed by atoms with E-state index in [9.17, 15) is 14.7 Å². The van der Waals surface area contributed by atoms with E-state index in [1.165, 1.54) is 4.90 Å². The number of benzene rings is 2. The summed E-state index contributed by atoms with van der Waals surface area (Å²) in [5.74, 6) is -0.0633. The van der Waals surface area contributed by atoms with Crippen molar-refractivity contribution in [2.75, 3.05) is 13.1 Å². The Hall–Kier alpha value is -2.86. The number of hydrogen-bond acceptors (Lipinski definition) is 4. The zero-order valence-electron chi connectivity index (χ0n) is 13.7. The van der Waals surface area contributed by atoms with Crippen LogP contribution in [0, 0.1) is 0 Å². The number of β-amino-alcohol motifs (C(OH)–C–C–N with tert-alkyl or cyclic N) is 1. The first-order valence-electron chi connectivity index (χ1n) is 8.13. The molecular weight excluding hydrogens is 320 g/mol. The molecule has 0 aliphatic carbocycles. The minimum atomic E-state index is -1.68. The van der Waals surface area contributed by atoms with Crippen LogP contribution in [-0.2, 0) is 4.79 Å². The number of para-hydroxylation sites is 2. The van der Waals surface area contributed by atoms with Gasteiger partial charge in [0, 0.05) is 6.54 Å². The number of amides is 2. The molecule has 0 spiro atoms. The molecule has 6 heteroatoms. The van der Waals surface area contributed by atoms with Crippen LogP contribution in [0.3, 0.4) is 0 Å². The minimum absolute atomic E-state index is 0.110. The molecule has 0 aromatic heterocycles. The number of primary amides is 1. The topological polar surface area (TPSA) is 92.9 Å². The van der Waals surface area contributed by atoms with Gasteiger partial charge in [-0.15, -0.1) is 0 Å². The predicted octanol–water partition coefficient (Wildman–Crippen LogP) is 1.93. The van der Waals surface area contributed by atoms with Gasteiger partial charge in [-0.1, -0.05) is 30.3 Å². The molecule has 0 radical (unpaired) electrons. The van der Waals surface area contributed by atoms with Gasteiger partial charge in [-0.3, -0.25) is 9.59 Å². The van der Waals surface area contributed by atoms with Crippen molar-refractivity contribution in [3.63, 3.8) is 0 Å². The van der Waals surface area contributed by atoms with Gasteiger partial charge in [-0.05, 0) is 37.1 Å². The number of ether oxygens (including phenoxy) is 1. The van der Waals surface area contributed by atoms with E-state index in [4.69, 9.17) is 10.5 Å². The third kappa shape index (κ3) is 3.64. The number of hydrogen-bond donors (Lipinski definition) is 2. The number of nitrogens with zero attached hydrogens (tertiary/aromatic N) is 1. The van der Waals surface area contributed by atoms with Crippen molar-refractivity contribution in [1.82, 2.24) is 4.90 Å². The predicted molar refractivity (Wildman–Crippen MR) is 92.2 cm³/mol. The van der Waals surface area contributed by atoms with Gasteiger partial charge in [-0.25, -0.2) is 0 Å². The van der Waals surface area contributed by atoms with E-state index in [2.05, 4.69) is 0 Å². The second-order valence-electron chi connectivity index (χ2n) is 6.14. The SMILES string of the molecule is NC(=O)[C@@]1(O)CCCN(C(=O)c2ccccc2Oc2ccccc2)C1. The molecule has 2 aromatic rings. The van der Waals surface area contributed by atoms with Crippen molar-refractivity contribution in [3.05, 3.63) is 60.2 Å². The maximum atomic E-state index is 12.9. The fraction of sp³-hybridized carbons (Fsp3) is 0.263. The first-order valence-corrected chi connectivity index (χ1v) is 8.13. The molecule has 1 aliphatic rings. The van der Waals surface area contributed by atoms with Gasteiger partial charge in [0.2, 0.25) is 0 Å². The Kier molecular flexibility index (Phi) is 4.72. The van der Waals surface area contributed by atoms with E-state index < -0.39 is 11.5 Å². The molecular formula is C19H20N2O4. The Bertz CT molecular complexity index is 778. The lowest BCUT2D eigenvalue weighted by atomic mass is 9.91. The third-order valence-corrected chi connectivity index (χ3v) is 4.31. The second kappa shape index (κ2) is 6.94. The quantitative estimate of drug-likeness (QED) is 0.889. The van der Waals surface area contributed by atoms with Crippen molar-refractivity contribution in [2.45, 2.75) is 18.4 Å². The summed E-state index contributed by atoms with van der Waals surface area (Å²) >= 11 is 0. The second-order valence-corrected chi connectivity index (χ2v) is 6.14. The smallest absolute Gasteiger partial charge is 0.257 e. The Labute approximate surface area is 145 Å². The monoisotopic (exact) mass is 340 g/mol. The van der Waals surface area contributed by atoms with E-state index in [1.807, 2.05) is 18.2 Å². The van der Waals surface area contributed by atoms with E-state index in [1.54, 1.807) is 36.4 Å². The molecule has 6 nitrogen and oxygen atoms in total. The highest BCUT2D eigenvalue weighted by molar-refractivity contribution is 5.97. The van der Waals surface area contributed by atoms with Crippen LogP contribution >= 0.6 is 0 Å². The van der Waals surface area contributed by atoms with Crippen LogP contribution in [0.2, 0.25) is 0 Å². The Balaban J connectivity index is 1.84. The molecule has 130 valence electrons. The molecule has 0 saturated carbocycles. The maximum Gasteiger partial charge on any atom is 0.257 e. The van der Waals surface area contributed by atoms with Crippen molar-refractivity contribution in [1.29, 1.82) is 0 Å². The highest BCUT2D eigenvalue weighted by Gasteiger charge is 2.40. The van der Waals surface area contributed by atoms with Gasteiger partial charge in [0.25, 0.3) is 11.8 Å². The summed E-state index contributed by atoms with van der Waals surface area (Å²) in [5, 5.41) is 10.3. The first-order chi connectivity index (χ1) is 12.0. The molecule has 0 unspecified atom stereocenters. The summed E-state index contributed by atoms with van der Waals surface area (Å²) in [6.45, 7) is 0.342. The summed E-state index contributed by atoms with van der Waals surface area (Å²) in [7, 11) is 0. The molecule has 0 bridgehead atoms. The molecule has 25 heavy (non-hydrogen) atoms. The van der Waals surface area contributed by atoms with E-state index in [0.29, 0.717) is 30.0 Å². The molecule has 2 amide bonds. The lowest BCUT2D eigenvalue weighted by molar-refractivity contribution is -0.140. The van der Waals surface area contributed by atoms with Crippen LogP contribution < -0.4 is 10.5 Å². The van der Waals surface area contributed by atoms with Crippen molar-refractivity contribution in [3.8, 4) is 11.5 Å². The number of rotatable bonds is 4. The molecule has 1 saturated heterocycles. The highest BCUT2D eigenvalue weighted by atomic mass is 16.5. The van der Waals surface area contributed by atoms with Crippen LogP contribution in [0.25, 0.3) is 0 Å². The Morgan fingerprint density at radius 3 is 2.48 bits per heavy atom. The normalized spacial score (nSPS) is 20.1. The van der Waals surface area contributed by atoms with Gasteiger partial charge in [0.05, 0.1) is 12.1 Å². The minimum Gasteiger partial charge on any atom is -0.457 e. The van der Waals surface area contributed by atoms with Crippen molar-refractivity contribution < 1.29 is 19.4 Å². The number of likely N-dealkylation sites (tertiary alicyclic amines) is 1. The van der Waals surface area contributed by atoms with Crippen LogP contribution in [0.4, 0.5) is 0 Å². The van der Waals surface area contributed by atoms with Gasteiger partial charge in [-0.2, -0.15) is 0 Å². The van der Waals surface area contributed by atoms with Crippen molar-refractivity contribution in [2.24, 2.45) is 5.73 Å². The molecule has 1 heterocycles. The average Bonchev–Trinajstić information content (AvgIpc) is 2.62. The number of carbonyl (C=O) groups is 2.